The fourth-order valence-electron chi connectivity index (χ4n) is 4.12. The van der Waals surface area contributed by atoms with E-state index >= 15 is 0 Å². The minimum Gasteiger partial charge on any atom is -0.379 e. The van der Waals surface area contributed by atoms with Crippen LogP contribution in [0, 0.1) is 0 Å². The molecule has 1 N–H and O–H groups in total. The molecule has 1 unspecified atom stereocenters. The van der Waals surface area contributed by atoms with Crippen molar-refractivity contribution in [3.8, 4) is 0 Å². The predicted molar refractivity (Wildman–Crippen MR) is 129 cm³/mol. The summed E-state index contributed by atoms with van der Waals surface area (Å²) in [6.45, 7) is 8.18. The van der Waals surface area contributed by atoms with Crippen molar-refractivity contribution in [1.82, 2.24) is 14.5 Å². The standard InChI is InChI=1S/C25H35N3O4S/c1-3-28(4-2)33(30,31)23-13-10-21(11-14-23)12-15-25(29)26-20-24(22-8-6-5-7-9-22)27-16-18-32-19-17-27/h5-11,13-14,24H,3-4,12,15-20H2,1-2H3,(H,26,29). The van der Waals surface area contributed by atoms with Crippen LogP contribution in [0.5, 0.6) is 0 Å². The van der Waals surface area contributed by atoms with Crippen molar-refractivity contribution in [2.24, 2.45) is 0 Å². The summed E-state index contributed by atoms with van der Waals surface area (Å²) in [7, 11) is -3.46. The van der Waals surface area contributed by atoms with Crippen molar-refractivity contribution in [3.63, 3.8) is 0 Å². The van der Waals surface area contributed by atoms with Crippen molar-refractivity contribution >= 4 is 15.9 Å². The van der Waals surface area contributed by atoms with E-state index in [1.165, 1.54) is 9.87 Å². The van der Waals surface area contributed by atoms with Gasteiger partial charge in [0.2, 0.25) is 15.9 Å². The van der Waals surface area contributed by atoms with Gasteiger partial charge in [-0.15, -0.1) is 0 Å². The maximum absolute atomic E-state index is 12.6. The zero-order chi connectivity index (χ0) is 23.7. The Morgan fingerprint density at radius 3 is 2.27 bits per heavy atom. The summed E-state index contributed by atoms with van der Waals surface area (Å²) in [5, 5.41) is 3.09. The van der Waals surface area contributed by atoms with E-state index in [1.54, 1.807) is 24.3 Å². The summed E-state index contributed by atoms with van der Waals surface area (Å²) in [4.78, 5) is 15.2. The first-order chi connectivity index (χ1) is 16.0. The Balaban J connectivity index is 1.55. The molecule has 1 aliphatic rings. The smallest absolute Gasteiger partial charge is 0.243 e. The number of amides is 1. The molecule has 7 nitrogen and oxygen atoms in total. The number of carbonyl (C=O) groups is 1. The highest BCUT2D eigenvalue weighted by atomic mass is 32.2. The molecule has 1 atom stereocenters. The second kappa shape index (κ2) is 12.3. The lowest BCUT2D eigenvalue weighted by Gasteiger charge is -2.35. The molecule has 1 fully saturated rings. The Hall–Kier alpha value is -2.26. The number of hydrogen-bond acceptors (Lipinski definition) is 5. The van der Waals surface area contributed by atoms with Gasteiger partial charge in [0.05, 0.1) is 24.2 Å². The van der Waals surface area contributed by atoms with Crippen molar-refractivity contribution in [2.45, 2.75) is 37.6 Å². The molecule has 2 aromatic rings. The molecule has 1 aliphatic heterocycles. The van der Waals surface area contributed by atoms with Crippen molar-refractivity contribution < 1.29 is 17.9 Å². The molecule has 1 amide bonds. The molecular formula is C25H35N3O4S. The molecule has 8 heteroatoms. The predicted octanol–water partition coefficient (Wildman–Crippen LogP) is 2.84. The lowest BCUT2D eigenvalue weighted by atomic mass is 10.0. The third-order valence-corrected chi connectivity index (χ3v) is 8.13. The second-order valence-corrected chi connectivity index (χ2v) is 10.1. The number of nitrogens with zero attached hydrogens (tertiary/aromatic N) is 2. The van der Waals surface area contributed by atoms with Crippen LogP contribution in [0.25, 0.3) is 0 Å². The zero-order valence-corrected chi connectivity index (χ0v) is 20.4. The summed E-state index contributed by atoms with van der Waals surface area (Å²) >= 11 is 0. The lowest BCUT2D eigenvalue weighted by molar-refractivity contribution is -0.121. The molecule has 0 aliphatic carbocycles. The lowest BCUT2D eigenvalue weighted by Crippen LogP contribution is -2.43. The quantitative estimate of drug-likeness (QED) is 0.543. The van der Waals surface area contributed by atoms with Crippen LogP contribution in [0.3, 0.4) is 0 Å². The Bertz CT molecular complexity index is 970. The number of benzene rings is 2. The highest BCUT2D eigenvalue weighted by Gasteiger charge is 2.23. The molecule has 3 rings (SSSR count). The first kappa shape index (κ1) is 25.4. The van der Waals surface area contributed by atoms with Gasteiger partial charge in [0, 0.05) is 39.1 Å². The van der Waals surface area contributed by atoms with Gasteiger partial charge in [0.15, 0.2) is 0 Å². The van der Waals surface area contributed by atoms with E-state index in [2.05, 4.69) is 22.3 Å². The molecule has 33 heavy (non-hydrogen) atoms. The molecule has 0 spiro atoms. The van der Waals surface area contributed by atoms with Gasteiger partial charge >= 0.3 is 0 Å². The summed E-state index contributed by atoms with van der Waals surface area (Å²) in [6, 6.07) is 17.2. The van der Waals surface area contributed by atoms with E-state index in [9.17, 15) is 13.2 Å². The van der Waals surface area contributed by atoms with E-state index in [-0.39, 0.29) is 16.8 Å². The Labute approximate surface area is 197 Å². The van der Waals surface area contributed by atoms with E-state index < -0.39 is 10.0 Å². The molecule has 0 aromatic heterocycles. The number of sulfonamides is 1. The van der Waals surface area contributed by atoms with Crippen molar-refractivity contribution in [3.05, 3.63) is 65.7 Å². The molecule has 0 radical (unpaired) electrons. The maximum Gasteiger partial charge on any atom is 0.243 e. The van der Waals surface area contributed by atoms with Crippen LogP contribution in [-0.4, -0.2) is 69.5 Å². The van der Waals surface area contributed by atoms with Crippen LogP contribution in [0.15, 0.2) is 59.5 Å². The van der Waals surface area contributed by atoms with Gasteiger partial charge in [-0.05, 0) is 29.7 Å². The fourth-order valence-corrected chi connectivity index (χ4v) is 5.58. The SMILES string of the molecule is CCN(CC)S(=O)(=O)c1ccc(CCC(=O)NCC(c2ccccc2)N2CCOCC2)cc1. The minimum absolute atomic E-state index is 0.0102. The molecular weight excluding hydrogens is 438 g/mol. The average molecular weight is 474 g/mol. The summed E-state index contributed by atoms with van der Waals surface area (Å²) in [5.74, 6) is -0.0102. The monoisotopic (exact) mass is 473 g/mol. The number of morpholine rings is 1. The Morgan fingerprint density at radius 1 is 1.03 bits per heavy atom. The van der Waals surface area contributed by atoms with Crippen LogP contribution in [0.2, 0.25) is 0 Å². The van der Waals surface area contributed by atoms with E-state index in [0.717, 1.165) is 18.7 Å². The molecule has 2 aromatic carbocycles. The third-order valence-electron chi connectivity index (χ3n) is 6.07. The van der Waals surface area contributed by atoms with Gasteiger partial charge in [-0.1, -0.05) is 56.3 Å². The fraction of sp³-hybridized carbons (Fsp3) is 0.480. The van der Waals surface area contributed by atoms with Gasteiger partial charge in [-0.3, -0.25) is 9.69 Å². The topological polar surface area (TPSA) is 79.0 Å². The van der Waals surface area contributed by atoms with Crippen LogP contribution < -0.4 is 5.32 Å². The van der Waals surface area contributed by atoms with E-state index in [0.29, 0.717) is 45.7 Å². The first-order valence-corrected chi connectivity index (χ1v) is 13.1. The van der Waals surface area contributed by atoms with Gasteiger partial charge < -0.3 is 10.1 Å². The van der Waals surface area contributed by atoms with Crippen LogP contribution in [-0.2, 0) is 26.0 Å². The molecule has 0 bridgehead atoms. The number of carbonyl (C=O) groups excluding carboxylic acids is 1. The zero-order valence-electron chi connectivity index (χ0n) is 19.6. The Morgan fingerprint density at radius 2 is 1.67 bits per heavy atom. The maximum atomic E-state index is 12.6. The number of rotatable bonds is 11. The van der Waals surface area contributed by atoms with Gasteiger partial charge in [-0.2, -0.15) is 4.31 Å². The average Bonchev–Trinajstić information content (AvgIpc) is 2.85. The molecule has 1 saturated heterocycles. The normalized spacial score (nSPS) is 16.0. The number of aryl methyl sites for hydroxylation is 1. The highest BCUT2D eigenvalue weighted by molar-refractivity contribution is 7.89. The van der Waals surface area contributed by atoms with Crippen LogP contribution >= 0.6 is 0 Å². The van der Waals surface area contributed by atoms with Gasteiger partial charge in [-0.25, -0.2) is 8.42 Å². The van der Waals surface area contributed by atoms with Crippen molar-refractivity contribution in [2.75, 3.05) is 45.9 Å². The Kier molecular flexibility index (Phi) is 9.43. The van der Waals surface area contributed by atoms with E-state index in [1.807, 2.05) is 32.0 Å². The molecule has 1 heterocycles. The number of nitrogens with one attached hydrogen (secondary N) is 1. The summed E-state index contributed by atoms with van der Waals surface area (Å²) < 4.78 is 32.2. The third kappa shape index (κ3) is 6.86. The van der Waals surface area contributed by atoms with Gasteiger partial charge in [0.1, 0.15) is 0 Å². The van der Waals surface area contributed by atoms with Gasteiger partial charge in [0.25, 0.3) is 0 Å². The number of hydrogen-bond donors (Lipinski definition) is 1. The molecule has 0 saturated carbocycles. The van der Waals surface area contributed by atoms with Crippen LogP contribution in [0.4, 0.5) is 0 Å². The largest absolute Gasteiger partial charge is 0.379 e. The minimum atomic E-state index is -3.46. The second-order valence-electron chi connectivity index (χ2n) is 8.11. The first-order valence-electron chi connectivity index (χ1n) is 11.7. The number of ether oxygens (including phenoxy) is 1. The van der Waals surface area contributed by atoms with E-state index in [4.69, 9.17) is 4.74 Å². The summed E-state index contributed by atoms with van der Waals surface area (Å²) in [6.07, 6.45) is 0.914. The highest BCUT2D eigenvalue weighted by Crippen LogP contribution is 2.21. The van der Waals surface area contributed by atoms with Crippen LogP contribution in [0.1, 0.15) is 37.4 Å². The molecule has 180 valence electrons. The summed E-state index contributed by atoms with van der Waals surface area (Å²) in [5.41, 5.74) is 2.13. The van der Waals surface area contributed by atoms with Crippen molar-refractivity contribution in [1.29, 1.82) is 0 Å².